The summed E-state index contributed by atoms with van der Waals surface area (Å²) in [5, 5.41) is 12.0. The van der Waals surface area contributed by atoms with E-state index < -0.39 is 17.7 Å². The molecule has 5 aromatic rings. The van der Waals surface area contributed by atoms with Gasteiger partial charge in [0.05, 0.1) is 34.1 Å². The molecule has 0 bridgehead atoms. The predicted octanol–water partition coefficient (Wildman–Crippen LogP) is 6.04. The first-order chi connectivity index (χ1) is 18.4. The average molecular weight is 589 g/mol. The Balaban J connectivity index is 1.58. The largest absolute Gasteiger partial charge is 0.505 e. The molecular weight excluding hydrogens is 568 g/mol. The van der Waals surface area contributed by atoms with E-state index in [1.807, 2.05) is 67.6 Å². The molecule has 1 atom stereocenters. The molecule has 3 aromatic heterocycles. The van der Waals surface area contributed by atoms with Gasteiger partial charge in [-0.25, -0.2) is 9.97 Å². The summed E-state index contributed by atoms with van der Waals surface area (Å²) in [5.41, 5.74) is 2.84. The van der Waals surface area contributed by atoms with E-state index in [1.165, 1.54) is 16.2 Å². The number of aromatic nitrogens is 3. The third kappa shape index (κ3) is 3.88. The summed E-state index contributed by atoms with van der Waals surface area (Å²) in [6, 6.07) is 17.4. The molecule has 1 N–H and O–H groups in total. The fourth-order valence-electron chi connectivity index (χ4n) is 4.80. The lowest BCUT2D eigenvalue weighted by Gasteiger charge is -2.23. The second-order valence-corrected chi connectivity index (χ2v) is 10.7. The zero-order valence-electron chi connectivity index (χ0n) is 20.4. The monoisotopic (exact) mass is 588 g/mol. The summed E-state index contributed by atoms with van der Waals surface area (Å²) in [6.07, 6.45) is 1.76. The van der Waals surface area contributed by atoms with Crippen molar-refractivity contribution in [1.29, 1.82) is 0 Å². The van der Waals surface area contributed by atoms with Crippen molar-refractivity contribution in [3.63, 3.8) is 0 Å². The molecule has 38 heavy (non-hydrogen) atoms. The number of nitrogens with zero attached hydrogens (tertiary/aromatic N) is 4. The summed E-state index contributed by atoms with van der Waals surface area (Å²) in [5.74, 6) is -1.13. The minimum absolute atomic E-state index is 0.0175. The minimum atomic E-state index is -0.895. The summed E-state index contributed by atoms with van der Waals surface area (Å²) in [7, 11) is 0. The molecule has 1 fully saturated rings. The lowest BCUT2D eigenvalue weighted by molar-refractivity contribution is -0.132. The molecule has 4 heterocycles. The SMILES string of the molecule is CCOc1ccc2nc(N3C(=O)C(=O)C(=C(O)c4c(C)nc5ccccn45)C3c3cccc(Br)c3)sc2c1. The number of aliphatic hydroxyl groups excluding tert-OH is 1. The maximum Gasteiger partial charge on any atom is 0.301 e. The van der Waals surface area contributed by atoms with Crippen LogP contribution in [0.3, 0.4) is 0 Å². The number of pyridine rings is 1. The Kier molecular flexibility index (Phi) is 6.00. The number of ether oxygens (including phenoxy) is 1. The number of Topliss-reactive ketones (excluding diaryl/α,β-unsaturated/α-hetero) is 1. The number of carbonyl (C=O) groups excluding carboxylic acids is 2. The van der Waals surface area contributed by atoms with Crippen LogP contribution in [-0.2, 0) is 9.59 Å². The summed E-state index contributed by atoms with van der Waals surface area (Å²) < 4.78 is 8.92. The predicted molar refractivity (Wildman–Crippen MR) is 150 cm³/mol. The van der Waals surface area contributed by atoms with Gasteiger partial charge in [-0.3, -0.25) is 18.9 Å². The van der Waals surface area contributed by atoms with E-state index in [4.69, 9.17) is 4.74 Å². The first kappa shape index (κ1) is 24.3. The molecule has 1 aliphatic rings. The lowest BCUT2D eigenvalue weighted by Crippen LogP contribution is -2.29. The van der Waals surface area contributed by atoms with E-state index in [1.54, 1.807) is 17.5 Å². The van der Waals surface area contributed by atoms with Crippen molar-refractivity contribution in [1.82, 2.24) is 14.4 Å². The molecule has 2 aromatic carbocycles. The van der Waals surface area contributed by atoms with E-state index in [9.17, 15) is 14.7 Å². The number of aliphatic hydroxyl groups is 1. The number of fused-ring (bicyclic) bond motifs is 2. The highest BCUT2D eigenvalue weighted by atomic mass is 79.9. The highest BCUT2D eigenvalue weighted by molar-refractivity contribution is 9.10. The molecule has 0 radical (unpaired) electrons. The fraction of sp³-hybridized carbons (Fsp3) is 0.143. The van der Waals surface area contributed by atoms with Gasteiger partial charge in [0.2, 0.25) is 0 Å². The molecular formula is C28H21BrN4O4S. The quantitative estimate of drug-likeness (QED) is 0.153. The molecule has 1 unspecified atom stereocenters. The van der Waals surface area contributed by atoms with Crippen molar-refractivity contribution in [2.24, 2.45) is 0 Å². The van der Waals surface area contributed by atoms with Gasteiger partial charge in [-0.1, -0.05) is 45.5 Å². The van der Waals surface area contributed by atoms with Crippen molar-refractivity contribution >= 4 is 65.7 Å². The maximum absolute atomic E-state index is 13.6. The summed E-state index contributed by atoms with van der Waals surface area (Å²) >= 11 is 4.79. The number of hydrogen-bond donors (Lipinski definition) is 1. The molecule has 1 amide bonds. The van der Waals surface area contributed by atoms with E-state index in [0.29, 0.717) is 45.6 Å². The number of ketones is 1. The van der Waals surface area contributed by atoms with Crippen LogP contribution in [-0.4, -0.2) is 37.8 Å². The van der Waals surface area contributed by atoms with E-state index in [0.717, 1.165) is 9.17 Å². The van der Waals surface area contributed by atoms with Crippen LogP contribution in [0.5, 0.6) is 5.75 Å². The number of halogens is 1. The number of amides is 1. The van der Waals surface area contributed by atoms with Crippen molar-refractivity contribution < 1.29 is 19.4 Å². The Hall–Kier alpha value is -4.02. The second kappa shape index (κ2) is 9.38. The van der Waals surface area contributed by atoms with Gasteiger partial charge < -0.3 is 9.84 Å². The number of thiazole rings is 1. The van der Waals surface area contributed by atoms with Crippen LogP contribution < -0.4 is 9.64 Å². The van der Waals surface area contributed by atoms with Crippen LogP contribution in [0.4, 0.5) is 5.13 Å². The highest BCUT2D eigenvalue weighted by Crippen LogP contribution is 2.45. The Bertz CT molecular complexity index is 1790. The van der Waals surface area contributed by atoms with Crippen LogP contribution in [0.1, 0.15) is 29.9 Å². The Labute approximate surface area is 230 Å². The molecule has 1 saturated heterocycles. The van der Waals surface area contributed by atoms with Crippen LogP contribution >= 0.6 is 27.3 Å². The molecule has 1 aliphatic heterocycles. The smallest absolute Gasteiger partial charge is 0.301 e. The molecule has 6 rings (SSSR count). The van der Waals surface area contributed by atoms with Gasteiger partial charge in [-0.05, 0) is 61.9 Å². The van der Waals surface area contributed by atoms with Gasteiger partial charge in [0, 0.05) is 10.7 Å². The standard InChI is InChI=1S/C28H21BrN4O4S/c1-3-37-18-10-11-19-20(14-18)38-28(31-19)33-24(16-7-6-8-17(29)13-16)22(26(35)27(33)36)25(34)23-15(2)30-21-9-4-5-12-32(21)23/h4-14,24,34H,3H2,1-2H3. The van der Waals surface area contributed by atoms with Gasteiger partial charge in [0.1, 0.15) is 17.1 Å². The first-order valence-corrected chi connectivity index (χ1v) is 13.5. The fourth-order valence-corrected chi connectivity index (χ4v) is 6.24. The van der Waals surface area contributed by atoms with E-state index >= 15 is 0 Å². The normalized spacial score (nSPS) is 17.1. The molecule has 0 aliphatic carbocycles. The molecule has 190 valence electrons. The van der Waals surface area contributed by atoms with Gasteiger partial charge in [-0.15, -0.1) is 0 Å². The topological polar surface area (TPSA) is 97.0 Å². The number of rotatable bonds is 5. The van der Waals surface area contributed by atoms with Crippen LogP contribution in [0, 0.1) is 6.92 Å². The zero-order chi connectivity index (χ0) is 26.6. The lowest BCUT2D eigenvalue weighted by atomic mass is 9.96. The van der Waals surface area contributed by atoms with Crippen molar-refractivity contribution in [3.8, 4) is 5.75 Å². The first-order valence-electron chi connectivity index (χ1n) is 11.9. The van der Waals surface area contributed by atoms with Crippen LogP contribution in [0.15, 0.2) is 76.9 Å². The summed E-state index contributed by atoms with van der Waals surface area (Å²) in [6.45, 7) is 4.19. The third-order valence-corrected chi connectivity index (χ3v) is 7.91. The Morgan fingerprint density at radius 3 is 2.74 bits per heavy atom. The van der Waals surface area contributed by atoms with Crippen molar-refractivity contribution in [3.05, 3.63) is 93.9 Å². The second-order valence-electron chi connectivity index (χ2n) is 8.76. The van der Waals surface area contributed by atoms with Crippen molar-refractivity contribution in [2.45, 2.75) is 19.9 Å². The number of carbonyl (C=O) groups is 2. The highest BCUT2D eigenvalue weighted by Gasteiger charge is 2.48. The molecule has 8 nitrogen and oxygen atoms in total. The third-order valence-electron chi connectivity index (χ3n) is 6.40. The van der Waals surface area contributed by atoms with E-state index in [2.05, 4.69) is 25.9 Å². The van der Waals surface area contributed by atoms with E-state index in [-0.39, 0.29) is 11.3 Å². The number of aryl methyl sites for hydroxylation is 1. The maximum atomic E-state index is 13.6. The van der Waals surface area contributed by atoms with Gasteiger partial charge >= 0.3 is 5.91 Å². The Morgan fingerprint density at radius 2 is 1.95 bits per heavy atom. The van der Waals surface area contributed by atoms with Gasteiger partial charge in [-0.2, -0.15) is 0 Å². The minimum Gasteiger partial charge on any atom is -0.505 e. The van der Waals surface area contributed by atoms with Gasteiger partial charge in [0.25, 0.3) is 5.78 Å². The van der Waals surface area contributed by atoms with Crippen molar-refractivity contribution in [2.75, 3.05) is 11.5 Å². The summed E-state index contributed by atoms with van der Waals surface area (Å²) in [4.78, 5) is 37.8. The average Bonchev–Trinajstić information content (AvgIpc) is 3.54. The molecule has 0 saturated carbocycles. The number of hydrogen-bond acceptors (Lipinski definition) is 7. The Morgan fingerprint density at radius 1 is 1.11 bits per heavy atom. The van der Waals surface area contributed by atoms with Crippen LogP contribution in [0.25, 0.3) is 21.6 Å². The molecule has 0 spiro atoms. The number of anilines is 1. The number of benzene rings is 2. The zero-order valence-corrected chi connectivity index (χ0v) is 22.8. The number of imidazole rings is 1. The van der Waals surface area contributed by atoms with Crippen LogP contribution in [0.2, 0.25) is 0 Å². The van der Waals surface area contributed by atoms with Gasteiger partial charge in [0.15, 0.2) is 10.9 Å². The molecule has 10 heteroatoms.